The molecule has 0 aromatic heterocycles. The first kappa shape index (κ1) is 24.5. The van der Waals surface area contributed by atoms with Gasteiger partial charge in [0, 0.05) is 57.8 Å². The van der Waals surface area contributed by atoms with Crippen molar-refractivity contribution in [3.05, 3.63) is 26.6 Å². The third-order valence-electron chi connectivity index (χ3n) is 6.38. The van der Waals surface area contributed by atoms with Crippen LogP contribution in [0.2, 0.25) is 0 Å². The summed E-state index contributed by atoms with van der Waals surface area (Å²) in [5.41, 5.74) is 1.01. The van der Waals surface area contributed by atoms with Crippen molar-refractivity contribution >= 4 is 43.7 Å². The number of halogens is 2. The normalized spacial score (nSPS) is 20.0. The molecule has 0 unspecified atom stereocenters. The summed E-state index contributed by atoms with van der Waals surface area (Å²) in [7, 11) is 0. The molecule has 0 aliphatic carbocycles. The van der Waals surface area contributed by atoms with E-state index in [-0.39, 0.29) is 24.0 Å². The van der Waals surface area contributed by atoms with Crippen molar-refractivity contribution in [1.29, 1.82) is 0 Å². The van der Waals surface area contributed by atoms with Crippen molar-refractivity contribution in [2.75, 3.05) is 45.8 Å². The van der Waals surface area contributed by atoms with Gasteiger partial charge in [-0.25, -0.2) is 0 Å². The number of hydrogen-bond acceptors (Lipinski definition) is 5. The molecule has 1 aromatic carbocycles. The smallest absolute Gasteiger partial charge is 0.304 e. The molecule has 2 N–H and O–H groups in total. The first-order chi connectivity index (χ1) is 14.7. The average molecular weight is 561 g/mol. The second-order valence-electron chi connectivity index (χ2n) is 8.59. The van der Waals surface area contributed by atoms with Crippen LogP contribution in [0.1, 0.15) is 31.7 Å². The highest BCUT2D eigenvalue weighted by molar-refractivity contribution is 9.11. The highest BCUT2D eigenvalue weighted by Crippen LogP contribution is 2.34. The third-order valence-corrected chi connectivity index (χ3v) is 7.59. The van der Waals surface area contributed by atoms with Crippen molar-refractivity contribution in [3.8, 4) is 5.75 Å². The van der Waals surface area contributed by atoms with Crippen molar-refractivity contribution in [1.82, 2.24) is 14.7 Å². The number of phenols is 1. The number of hydrogen-bond donors (Lipinski definition) is 2. The number of phenolic OH excluding ortho intramolecular Hbond substituents is 1. The Hall–Kier alpha value is -1.16. The lowest BCUT2D eigenvalue weighted by atomic mass is 9.97. The molecular weight excluding hydrogens is 530 g/mol. The fraction of sp³-hybridized carbons (Fsp3) is 0.636. The van der Waals surface area contributed by atoms with Gasteiger partial charge in [0.25, 0.3) is 0 Å². The Labute approximate surface area is 200 Å². The van der Waals surface area contributed by atoms with Gasteiger partial charge in [0.2, 0.25) is 5.91 Å². The fourth-order valence-corrected chi connectivity index (χ4v) is 5.83. The molecule has 0 radical (unpaired) electrons. The third kappa shape index (κ3) is 6.66. The number of piperazine rings is 1. The van der Waals surface area contributed by atoms with Crippen LogP contribution in [-0.2, 0) is 16.0 Å². The number of aliphatic carboxylic acids is 1. The van der Waals surface area contributed by atoms with Gasteiger partial charge in [-0.15, -0.1) is 0 Å². The maximum absolute atomic E-state index is 13.0. The predicted molar refractivity (Wildman–Crippen MR) is 126 cm³/mol. The lowest BCUT2D eigenvalue weighted by Gasteiger charge is -2.43. The van der Waals surface area contributed by atoms with Crippen molar-refractivity contribution in [2.24, 2.45) is 5.92 Å². The molecule has 2 heterocycles. The Morgan fingerprint density at radius 3 is 2.19 bits per heavy atom. The van der Waals surface area contributed by atoms with Crippen LogP contribution in [0.25, 0.3) is 0 Å². The van der Waals surface area contributed by atoms with Gasteiger partial charge in [0.15, 0.2) is 0 Å². The van der Waals surface area contributed by atoms with E-state index in [4.69, 9.17) is 5.11 Å². The number of likely N-dealkylation sites (tertiary alicyclic amines) is 1. The Bertz CT molecular complexity index is 768. The summed E-state index contributed by atoms with van der Waals surface area (Å²) in [6, 6.07) is 4.24. The molecule has 1 aromatic rings. The van der Waals surface area contributed by atoms with Crippen molar-refractivity contribution in [3.63, 3.8) is 0 Å². The molecule has 1 atom stereocenters. The SMILES string of the molecule is C[C@H](Cc1cc(Br)c(O)c(Br)c1)C(=O)N1CCC(N2CCN(CCC(=O)O)CC2)CC1. The van der Waals surface area contributed by atoms with Crippen LogP contribution in [0, 0.1) is 5.92 Å². The summed E-state index contributed by atoms with van der Waals surface area (Å²) < 4.78 is 1.25. The standard InChI is InChI=1S/C22H31Br2N3O4/c1-15(12-16-13-18(23)21(30)19(24)14-16)22(31)27-6-2-17(3-7-27)26-10-8-25(9-11-26)5-4-20(28)29/h13-15,17,30H,2-12H2,1H3,(H,28,29)/t15-/m1/s1. The maximum atomic E-state index is 13.0. The van der Waals surface area contributed by atoms with Gasteiger partial charge in [0.05, 0.1) is 15.4 Å². The molecule has 3 rings (SSSR count). The van der Waals surface area contributed by atoms with E-state index in [2.05, 4.69) is 41.7 Å². The van der Waals surface area contributed by atoms with Gasteiger partial charge in [0.1, 0.15) is 5.75 Å². The summed E-state index contributed by atoms with van der Waals surface area (Å²) in [6.45, 7) is 7.95. The fourth-order valence-electron chi connectivity index (χ4n) is 4.55. The number of carbonyl (C=O) groups is 2. The molecular formula is C22H31Br2N3O4. The van der Waals surface area contributed by atoms with Crippen molar-refractivity contribution in [2.45, 2.75) is 38.6 Å². The molecule has 2 aliphatic rings. The van der Waals surface area contributed by atoms with Gasteiger partial charge in [-0.05, 0) is 68.8 Å². The molecule has 2 saturated heterocycles. The number of nitrogens with zero attached hydrogens (tertiary/aromatic N) is 3. The van der Waals surface area contributed by atoms with Gasteiger partial charge >= 0.3 is 5.97 Å². The number of carbonyl (C=O) groups excluding carboxylic acids is 1. The molecule has 2 aliphatic heterocycles. The number of rotatable bonds is 7. The molecule has 0 spiro atoms. The van der Waals surface area contributed by atoms with E-state index < -0.39 is 5.97 Å². The zero-order valence-electron chi connectivity index (χ0n) is 17.9. The van der Waals surface area contributed by atoms with E-state index >= 15 is 0 Å². The van der Waals surface area contributed by atoms with Crippen molar-refractivity contribution < 1.29 is 19.8 Å². The van der Waals surface area contributed by atoms with Crippen LogP contribution in [0.3, 0.4) is 0 Å². The first-order valence-corrected chi connectivity index (χ1v) is 12.5. The highest BCUT2D eigenvalue weighted by atomic mass is 79.9. The van der Waals surface area contributed by atoms with E-state index in [1.165, 1.54) is 0 Å². The van der Waals surface area contributed by atoms with E-state index in [9.17, 15) is 14.7 Å². The van der Waals surface area contributed by atoms with E-state index in [1.54, 1.807) is 0 Å². The van der Waals surface area contributed by atoms with Crippen LogP contribution in [0.5, 0.6) is 5.75 Å². The Kier molecular flexibility index (Phi) is 8.78. The zero-order chi connectivity index (χ0) is 22.5. The van der Waals surface area contributed by atoms with Gasteiger partial charge in [-0.3, -0.25) is 14.5 Å². The van der Waals surface area contributed by atoms with Crippen LogP contribution < -0.4 is 0 Å². The van der Waals surface area contributed by atoms with E-state index in [0.29, 0.717) is 28.0 Å². The number of carboxylic acids is 1. The molecule has 172 valence electrons. The van der Waals surface area contributed by atoms with Gasteiger partial charge in [-0.1, -0.05) is 6.92 Å². The minimum atomic E-state index is -0.737. The molecule has 7 nitrogen and oxygen atoms in total. The summed E-state index contributed by atoms with van der Waals surface area (Å²) in [4.78, 5) is 30.5. The summed E-state index contributed by atoms with van der Waals surface area (Å²) in [5, 5.41) is 18.7. The second kappa shape index (κ2) is 11.1. The van der Waals surface area contributed by atoms with E-state index in [0.717, 1.165) is 57.7 Å². The topological polar surface area (TPSA) is 84.3 Å². The average Bonchev–Trinajstić information content (AvgIpc) is 2.76. The van der Waals surface area contributed by atoms with Crippen LogP contribution in [-0.4, -0.2) is 88.6 Å². The molecule has 0 bridgehead atoms. The number of amides is 1. The lowest BCUT2D eigenvalue weighted by molar-refractivity contribution is -0.138. The Balaban J connectivity index is 1.44. The molecule has 31 heavy (non-hydrogen) atoms. The monoisotopic (exact) mass is 559 g/mol. The minimum absolute atomic E-state index is 0.113. The summed E-state index contributed by atoms with van der Waals surface area (Å²) in [5.74, 6) is -0.484. The summed E-state index contributed by atoms with van der Waals surface area (Å²) >= 11 is 6.71. The summed E-state index contributed by atoms with van der Waals surface area (Å²) in [6.07, 6.45) is 2.82. The van der Waals surface area contributed by atoms with Crippen LogP contribution >= 0.6 is 31.9 Å². The molecule has 2 fully saturated rings. The highest BCUT2D eigenvalue weighted by Gasteiger charge is 2.30. The van der Waals surface area contributed by atoms with E-state index in [1.807, 2.05) is 24.0 Å². The molecule has 0 saturated carbocycles. The number of benzene rings is 1. The molecule has 1 amide bonds. The lowest BCUT2D eigenvalue weighted by Crippen LogP contribution is -2.54. The Morgan fingerprint density at radius 1 is 1.06 bits per heavy atom. The first-order valence-electron chi connectivity index (χ1n) is 10.9. The maximum Gasteiger partial charge on any atom is 0.304 e. The van der Waals surface area contributed by atoms with Crippen LogP contribution in [0.15, 0.2) is 21.1 Å². The quantitative estimate of drug-likeness (QED) is 0.533. The predicted octanol–water partition coefficient (Wildman–Crippen LogP) is 3.18. The number of aromatic hydroxyl groups is 1. The molecule has 9 heteroatoms. The van der Waals surface area contributed by atoms with Gasteiger partial charge in [-0.2, -0.15) is 0 Å². The van der Waals surface area contributed by atoms with Crippen LogP contribution in [0.4, 0.5) is 0 Å². The second-order valence-corrected chi connectivity index (χ2v) is 10.3. The largest absolute Gasteiger partial charge is 0.506 e. The zero-order valence-corrected chi connectivity index (χ0v) is 21.1. The minimum Gasteiger partial charge on any atom is -0.506 e. The van der Waals surface area contributed by atoms with Gasteiger partial charge < -0.3 is 20.0 Å². The number of piperidine rings is 1. The Morgan fingerprint density at radius 2 is 1.65 bits per heavy atom. The number of carboxylic acid groups (broad SMARTS) is 1.